The van der Waals surface area contributed by atoms with Crippen LogP contribution in [0.15, 0.2) is 18.2 Å². The third-order valence-electron chi connectivity index (χ3n) is 4.06. The zero-order valence-corrected chi connectivity index (χ0v) is 16.0. The van der Waals surface area contributed by atoms with Crippen LogP contribution in [0.4, 0.5) is 0 Å². The molecule has 2 amide bonds. The molecule has 0 unspecified atom stereocenters. The van der Waals surface area contributed by atoms with E-state index in [1.807, 2.05) is 13.8 Å². The standard InChI is InChI=1S/C16H21Cl2N3O2.ClH/c1-10(2)14(19)16(23)21-8-6-20(7-9-21)15(22)13-11(17)4-3-5-12(13)18;/h3-5,10,14H,6-9,19H2,1-2H3;1H/t14-;/m0./s1. The second-order valence-electron chi connectivity index (χ2n) is 5.98. The first-order valence-electron chi connectivity index (χ1n) is 7.60. The van der Waals surface area contributed by atoms with Gasteiger partial charge < -0.3 is 15.5 Å². The molecule has 0 bridgehead atoms. The van der Waals surface area contributed by atoms with Crippen LogP contribution in [0.1, 0.15) is 24.2 Å². The lowest BCUT2D eigenvalue weighted by Gasteiger charge is -2.36. The van der Waals surface area contributed by atoms with E-state index in [1.165, 1.54) is 0 Å². The summed E-state index contributed by atoms with van der Waals surface area (Å²) in [6, 6.07) is 4.48. The van der Waals surface area contributed by atoms with Crippen LogP contribution in [0.5, 0.6) is 0 Å². The van der Waals surface area contributed by atoms with E-state index < -0.39 is 6.04 Å². The van der Waals surface area contributed by atoms with Gasteiger partial charge in [0.1, 0.15) is 0 Å². The molecule has 1 aromatic rings. The monoisotopic (exact) mass is 393 g/mol. The lowest BCUT2D eigenvalue weighted by molar-refractivity contribution is -0.135. The van der Waals surface area contributed by atoms with Crippen LogP contribution in [-0.2, 0) is 4.79 Å². The zero-order chi connectivity index (χ0) is 17.1. The fraction of sp³-hybridized carbons (Fsp3) is 0.500. The van der Waals surface area contributed by atoms with Crippen molar-refractivity contribution in [1.29, 1.82) is 0 Å². The van der Waals surface area contributed by atoms with Crippen LogP contribution in [0, 0.1) is 5.92 Å². The van der Waals surface area contributed by atoms with Crippen molar-refractivity contribution in [2.75, 3.05) is 26.2 Å². The van der Waals surface area contributed by atoms with E-state index in [1.54, 1.807) is 28.0 Å². The Bertz CT molecular complexity index is 582. The molecule has 0 saturated carbocycles. The average Bonchev–Trinajstić information content (AvgIpc) is 2.53. The number of nitrogens with two attached hydrogens (primary N) is 1. The fourth-order valence-electron chi connectivity index (χ4n) is 2.49. The number of carbonyl (C=O) groups is 2. The Kier molecular flexibility index (Phi) is 7.80. The van der Waals surface area contributed by atoms with Crippen molar-refractivity contribution in [3.63, 3.8) is 0 Å². The minimum atomic E-state index is -0.504. The van der Waals surface area contributed by atoms with Gasteiger partial charge in [0.05, 0.1) is 21.7 Å². The zero-order valence-electron chi connectivity index (χ0n) is 13.7. The number of carbonyl (C=O) groups excluding carboxylic acids is 2. The molecular formula is C16H22Cl3N3O2. The van der Waals surface area contributed by atoms with Gasteiger partial charge in [-0.25, -0.2) is 0 Å². The molecule has 1 fully saturated rings. The van der Waals surface area contributed by atoms with Gasteiger partial charge in [0.25, 0.3) is 5.91 Å². The molecule has 2 N–H and O–H groups in total. The van der Waals surface area contributed by atoms with Crippen molar-refractivity contribution in [1.82, 2.24) is 9.80 Å². The highest BCUT2D eigenvalue weighted by molar-refractivity contribution is 6.39. The molecule has 0 aliphatic carbocycles. The largest absolute Gasteiger partial charge is 0.338 e. The number of benzene rings is 1. The molecule has 8 heteroatoms. The number of nitrogens with zero attached hydrogens (tertiary/aromatic N) is 2. The highest BCUT2D eigenvalue weighted by Gasteiger charge is 2.29. The summed E-state index contributed by atoms with van der Waals surface area (Å²) in [4.78, 5) is 28.2. The second-order valence-corrected chi connectivity index (χ2v) is 6.80. The smallest absolute Gasteiger partial charge is 0.257 e. The van der Waals surface area contributed by atoms with Gasteiger partial charge in [-0.2, -0.15) is 0 Å². The summed E-state index contributed by atoms with van der Waals surface area (Å²) in [6.07, 6.45) is 0. The Labute approximate surface area is 158 Å². The molecule has 1 heterocycles. The topological polar surface area (TPSA) is 66.6 Å². The van der Waals surface area contributed by atoms with E-state index in [9.17, 15) is 9.59 Å². The van der Waals surface area contributed by atoms with Gasteiger partial charge in [0, 0.05) is 26.2 Å². The summed E-state index contributed by atoms with van der Waals surface area (Å²) in [5.41, 5.74) is 6.22. The molecule has 0 spiro atoms. The number of amides is 2. The molecule has 134 valence electrons. The Morgan fingerprint density at radius 2 is 1.50 bits per heavy atom. The van der Waals surface area contributed by atoms with Crippen LogP contribution in [0.25, 0.3) is 0 Å². The van der Waals surface area contributed by atoms with Gasteiger partial charge >= 0.3 is 0 Å². The highest BCUT2D eigenvalue weighted by Crippen LogP contribution is 2.26. The predicted molar refractivity (Wildman–Crippen MR) is 99.0 cm³/mol. The molecule has 1 atom stereocenters. The summed E-state index contributed by atoms with van der Waals surface area (Å²) in [5.74, 6) is -0.187. The summed E-state index contributed by atoms with van der Waals surface area (Å²) in [6.45, 7) is 5.65. The van der Waals surface area contributed by atoms with Gasteiger partial charge in [-0.15, -0.1) is 12.4 Å². The van der Waals surface area contributed by atoms with E-state index in [0.29, 0.717) is 41.8 Å². The second kappa shape index (κ2) is 8.90. The lowest BCUT2D eigenvalue weighted by atomic mass is 10.0. The molecule has 0 aromatic heterocycles. The average molecular weight is 395 g/mol. The summed E-state index contributed by atoms with van der Waals surface area (Å²) in [7, 11) is 0. The van der Waals surface area contributed by atoms with Crippen molar-refractivity contribution in [2.45, 2.75) is 19.9 Å². The van der Waals surface area contributed by atoms with Crippen LogP contribution in [0.3, 0.4) is 0 Å². The Morgan fingerprint density at radius 1 is 1.04 bits per heavy atom. The molecule has 24 heavy (non-hydrogen) atoms. The quantitative estimate of drug-likeness (QED) is 0.857. The van der Waals surface area contributed by atoms with Crippen molar-refractivity contribution >= 4 is 47.4 Å². The van der Waals surface area contributed by atoms with E-state index >= 15 is 0 Å². The molecule has 1 saturated heterocycles. The van der Waals surface area contributed by atoms with Crippen LogP contribution in [0.2, 0.25) is 10.0 Å². The molecule has 1 aromatic carbocycles. The highest BCUT2D eigenvalue weighted by atomic mass is 35.5. The first kappa shape index (κ1) is 21.0. The normalized spacial score (nSPS) is 15.9. The lowest BCUT2D eigenvalue weighted by Crippen LogP contribution is -2.55. The Morgan fingerprint density at radius 3 is 1.96 bits per heavy atom. The predicted octanol–water partition coefficient (Wildman–Crippen LogP) is 2.68. The molecular weight excluding hydrogens is 373 g/mol. The van der Waals surface area contributed by atoms with Crippen LogP contribution in [-0.4, -0.2) is 53.8 Å². The molecule has 1 aliphatic rings. The van der Waals surface area contributed by atoms with E-state index in [0.717, 1.165) is 0 Å². The van der Waals surface area contributed by atoms with Gasteiger partial charge in [-0.1, -0.05) is 43.1 Å². The summed E-state index contributed by atoms with van der Waals surface area (Å²) >= 11 is 12.2. The van der Waals surface area contributed by atoms with Crippen LogP contribution < -0.4 is 5.73 Å². The Balaban J connectivity index is 0.00000288. The fourth-order valence-corrected chi connectivity index (χ4v) is 3.05. The molecule has 0 radical (unpaired) electrons. The van der Waals surface area contributed by atoms with Crippen molar-refractivity contribution in [2.24, 2.45) is 11.7 Å². The minimum absolute atomic E-state index is 0. The van der Waals surface area contributed by atoms with Gasteiger partial charge in [-0.05, 0) is 18.1 Å². The minimum Gasteiger partial charge on any atom is -0.338 e. The van der Waals surface area contributed by atoms with E-state index in [2.05, 4.69) is 0 Å². The van der Waals surface area contributed by atoms with Crippen LogP contribution >= 0.6 is 35.6 Å². The van der Waals surface area contributed by atoms with Crippen molar-refractivity contribution in [3.8, 4) is 0 Å². The summed E-state index contributed by atoms with van der Waals surface area (Å²) in [5, 5.41) is 0.672. The molecule has 1 aliphatic heterocycles. The maximum absolute atomic E-state index is 12.6. The van der Waals surface area contributed by atoms with Gasteiger partial charge in [-0.3, -0.25) is 9.59 Å². The third-order valence-corrected chi connectivity index (χ3v) is 4.69. The molecule has 2 rings (SSSR count). The third kappa shape index (κ3) is 4.54. The number of rotatable bonds is 3. The Hall–Kier alpha value is -1.01. The SMILES string of the molecule is CC(C)[C@H](N)C(=O)N1CCN(C(=O)c2c(Cl)cccc2Cl)CC1.Cl. The van der Waals surface area contributed by atoms with Gasteiger partial charge in [0.2, 0.25) is 5.91 Å². The maximum Gasteiger partial charge on any atom is 0.257 e. The number of hydrogen-bond donors (Lipinski definition) is 1. The van der Waals surface area contributed by atoms with E-state index in [-0.39, 0.29) is 30.1 Å². The molecule has 5 nitrogen and oxygen atoms in total. The maximum atomic E-state index is 12.6. The van der Waals surface area contributed by atoms with Crippen molar-refractivity contribution in [3.05, 3.63) is 33.8 Å². The first-order chi connectivity index (χ1) is 10.8. The first-order valence-corrected chi connectivity index (χ1v) is 8.36. The number of halogens is 3. The number of piperazine rings is 1. The van der Waals surface area contributed by atoms with Crippen molar-refractivity contribution < 1.29 is 9.59 Å². The summed E-state index contributed by atoms with van der Waals surface area (Å²) < 4.78 is 0. The number of hydrogen-bond acceptors (Lipinski definition) is 3. The van der Waals surface area contributed by atoms with E-state index in [4.69, 9.17) is 28.9 Å². The van der Waals surface area contributed by atoms with Gasteiger partial charge in [0.15, 0.2) is 0 Å².